The third kappa shape index (κ3) is 1.69. The second kappa shape index (κ2) is 4.05. The molecule has 2 aromatic rings. The van der Waals surface area contributed by atoms with Crippen molar-refractivity contribution in [3.63, 3.8) is 0 Å². The Bertz CT molecular complexity index is 572. The molecule has 1 heterocycles. The number of pyridine rings is 1. The lowest BCUT2D eigenvalue weighted by atomic mass is 10.1. The number of nitrogens with two attached hydrogens (primary N) is 1. The van der Waals surface area contributed by atoms with E-state index in [1.165, 1.54) is 6.07 Å². The maximum absolute atomic E-state index is 13.4. The lowest BCUT2D eigenvalue weighted by Crippen LogP contribution is -2.10. The van der Waals surface area contributed by atoms with Gasteiger partial charge >= 0.3 is 0 Å². The normalized spacial score (nSPS) is 10.8. The Morgan fingerprint density at radius 2 is 2.06 bits per heavy atom. The number of nitrogens with one attached hydrogen (secondary N) is 1. The van der Waals surface area contributed by atoms with Gasteiger partial charge in [-0.1, -0.05) is 23.2 Å². The first-order chi connectivity index (χ1) is 7.54. The van der Waals surface area contributed by atoms with Gasteiger partial charge in [0, 0.05) is 5.39 Å². The molecule has 0 aliphatic rings. The first kappa shape index (κ1) is 11.4. The van der Waals surface area contributed by atoms with E-state index < -0.39 is 5.82 Å². The summed E-state index contributed by atoms with van der Waals surface area (Å²) in [6, 6.07) is 3.12. The quantitative estimate of drug-likeness (QED) is 0.470. The van der Waals surface area contributed by atoms with E-state index in [0.717, 1.165) is 5.56 Å². The number of rotatable bonds is 1. The summed E-state index contributed by atoms with van der Waals surface area (Å²) in [4.78, 5) is 4.18. The molecule has 3 N–H and O–H groups in total. The standard InChI is InChI=1S/C10H8Cl2FN3/c1-4-2-5-7(15-10(4)16-14)3-6(11)9(13)8(5)12/h2-3H,14H2,1H3,(H,15,16). The second-order valence-electron chi connectivity index (χ2n) is 3.35. The summed E-state index contributed by atoms with van der Waals surface area (Å²) in [6.45, 7) is 1.80. The predicted molar refractivity (Wildman–Crippen MR) is 64.3 cm³/mol. The van der Waals surface area contributed by atoms with Crippen molar-refractivity contribution >= 4 is 39.9 Å². The van der Waals surface area contributed by atoms with E-state index in [2.05, 4.69) is 10.4 Å². The fraction of sp³-hybridized carbons (Fsp3) is 0.100. The summed E-state index contributed by atoms with van der Waals surface area (Å²) >= 11 is 11.5. The predicted octanol–water partition coefficient (Wildman–Crippen LogP) is 3.27. The summed E-state index contributed by atoms with van der Waals surface area (Å²) in [5.74, 6) is 5.17. The number of benzene rings is 1. The zero-order valence-electron chi connectivity index (χ0n) is 8.31. The van der Waals surface area contributed by atoms with Crippen LogP contribution in [0.15, 0.2) is 12.1 Å². The Morgan fingerprint density at radius 3 is 2.69 bits per heavy atom. The molecule has 84 valence electrons. The van der Waals surface area contributed by atoms with Crippen LogP contribution in [-0.4, -0.2) is 4.98 Å². The number of nitrogen functional groups attached to an aromatic ring is 1. The third-order valence-electron chi connectivity index (χ3n) is 2.28. The lowest BCUT2D eigenvalue weighted by molar-refractivity contribution is 0.630. The average molecular weight is 260 g/mol. The fourth-order valence-electron chi connectivity index (χ4n) is 1.47. The molecule has 1 aromatic carbocycles. The molecular weight excluding hydrogens is 252 g/mol. The molecule has 0 spiro atoms. The number of aromatic nitrogens is 1. The van der Waals surface area contributed by atoms with Gasteiger partial charge in [0.05, 0.1) is 15.6 Å². The minimum absolute atomic E-state index is 0.0262. The molecule has 0 bridgehead atoms. The molecular formula is C10H8Cl2FN3. The van der Waals surface area contributed by atoms with E-state index in [1.807, 2.05) is 0 Å². The zero-order chi connectivity index (χ0) is 11.9. The van der Waals surface area contributed by atoms with Crippen LogP contribution in [0.5, 0.6) is 0 Å². The van der Waals surface area contributed by atoms with E-state index in [4.69, 9.17) is 29.0 Å². The van der Waals surface area contributed by atoms with Crippen molar-refractivity contribution in [2.45, 2.75) is 6.92 Å². The Balaban J connectivity index is 2.86. The molecule has 0 atom stereocenters. The van der Waals surface area contributed by atoms with Crippen LogP contribution in [0.25, 0.3) is 10.9 Å². The van der Waals surface area contributed by atoms with Crippen molar-refractivity contribution in [2.24, 2.45) is 5.84 Å². The number of hydrazine groups is 1. The number of hydrogen-bond acceptors (Lipinski definition) is 3. The molecule has 0 amide bonds. The maximum Gasteiger partial charge on any atom is 0.161 e. The molecule has 3 nitrogen and oxygen atoms in total. The topological polar surface area (TPSA) is 50.9 Å². The lowest BCUT2D eigenvalue weighted by Gasteiger charge is -2.08. The summed E-state index contributed by atoms with van der Waals surface area (Å²) in [6.07, 6.45) is 0. The Hall–Kier alpha value is -1.10. The summed E-state index contributed by atoms with van der Waals surface area (Å²) in [7, 11) is 0. The smallest absolute Gasteiger partial charge is 0.161 e. The highest BCUT2D eigenvalue weighted by Gasteiger charge is 2.12. The van der Waals surface area contributed by atoms with Crippen molar-refractivity contribution in [1.82, 2.24) is 4.98 Å². The molecule has 0 radical (unpaired) electrons. The molecule has 2 rings (SSSR count). The molecule has 0 fully saturated rings. The molecule has 16 heavy (non-hydrogen) atoms. The fourth-order valence-corrected chi connectivity index (χ4v) is 1.97. The number of fused-ring (bicyclic) bond motifs is 1. The van der Waals surface area contributed by atoms with Crippen molar-refractivity contribution in [2.75, 3.05) is 5.43 Å². The molecule has 6 heteroatoms. The Kier molecular flexibility index (Phi) is 2.88. The second-order valence-corrected chi connectivity index (χ2v) is 4.14. The summed E-state index contributed by atoms with van der Waals surface area (Å²) in [5, 5.41) is 0.429. The van der Waals surface area contributed by atoms with Crippen molar-refractivity contribution in [1.29, 1.82) is 0 Å². The number of aryl methyl sites for hydroxylation is 1. The van der Waals surface area contributed by atoms with E-state index in [1.54, 1.807) is 13.0 Å². The maximum atomic E-state index is 13.4. The molecule has 1 aromatic heterocycles. The van der Waals surface area contributed by atoms with Crippen LogP contribution in [0.2, 0.25) is 10.0 Å². The van der Waals surface area contributed by atoms with Crippen LogP contribution in [0.4, 0.5) is 10.2 Å². The van der Waals surface area contributed by atoms with Crippen LogP contribution < -0.4 is 11.3 Å². The largest absolute Gasteiger partial charge is 0.308 e. The number of hydrogen-bond donors (Lipinski definition) is 2. The SMILES string of the molecule is Cc1cc2c(Cl)c(F)c(Cl)cc2nc1NN. The first-order valence-electron chi connectivity index (χ1n) is 4.46. The van der Waals surface area contributed by atoms with Gasteiger partial charge in [-0.05, 0) is 24.6 Å². The van der Waals surface area contributed by atoms with Crippen molar-refractivity contribution < 1.29 is 4.39 Å². The van der Waals surface area contributed by atoms with E-state index in [9.17, 15) is 4.39 Å². The van der Waals surface area contributed by atoms with Gasteiger partial charge in [0.25, 0.3) is 0 Å². The highest BCUT2D eigenvalue weighted by Crippen LogP contribution is 2.32. The van der Waals surface area contributed by atoms with E-state index >= 15 is 0 Å². The molecule has 0 saturated carbocycles. The first-order valence-corrected chi connectivity index (χ1v) is 5.21. The highest BCUT2D eigenvalue weighted by atomic mass is 35.5. The average Bonchev–Trinajstić information content (AvgIpc) is 2.27. The van der Waals surface area contributed by atoms with Crippen LogP contribution in [0.1, 0.15) is 5.56 Å². The van der Waals surface area contributed by atoms with Crippen LogP contribution >= 0.6 is 23.2 Å². The molecule has 0 aliphatic carbocycles. The van der Waals surface area contributed by atoms with Crippen molar-refractivity contribution in [3.05, 3.63) is 33.6 Å². The Labute approximate surface area is 101 Å². The van der Waals surface area contributed by atoms with Crippen LogP contribution in [0, 0.1) is 12.7 Å². The minimum Gasteiger partial charge on any atom is -0.308 e. The van der Waals surface area contributed by atoms with Gasteiger partial charge in [-0.2, -0.15) is 0 Å². The van der Waals surface area contributed by atoms with E-state index in [-0.39, 0.29) is 10.0 Å². The Morgan fingerprint density at radius 1 is 1.38 bits per heavy atom. The third-order valence-corrected chi connectivity index (χ3v) is 2.93. The number of halogens is 3. The van der Waals surface area contributed by atoms with Gasteiger partial charge in [-0.3, -0.25) is 0 Å². The summed E-state index contributed by atoms with van der Waals surface area (Å²) in [5.41, 5.74) is 3.72. The van der Waals surface area contributed by atoms with Gasteiger partial charge < -0.3 is 5.43 Å². The number of anilines is 1. The van der Waals surface area contributed by atoms with Gasteiger partial charge in [0.1, 0.15) is 5.82 Å². The minimum atomic E-state index is -0.634. The van der Waals surface area contributed by atoms with Crippen LogP contribution in [-0.2, 0) is 0 Å². The van der Waals surface area contributed by atoms with Gasteiger partial charge in [-0.15, -0.1) is 0 Å². The van der Waals surface area contributed by atoms with Crippen LogP contribution in [0.3, 0.4) is 0 Å². The number of nitrogens with zero attached hydrogens (tertiary/aromatic N) is 1. The molecule has 0 aliphatic heterocycles. The monoisotopic (exact) mass is 259 g/mol. The molecule has 0 unspecified atom stereocenters. The summed E-state index contributed by atoms with van der Waals surface area (Å²) < 4.78 is 13.4. The van der Waals surface area contributed by atoms with Crippen molar-refractivity contribution in [3.8, 4) is 0 Å². The van der Waals surface area contributed by atoms with Gasteiger partial charge in [0.2, 0.25) is 0 Å². The van der Waals surface area contributed by atoms with Gasteiger partial charge in [0.15, 0.2) is 5.82 Å². The van der Waals surface area contributed by atoms with E-state index in [0.29, 0.717) is 16.7 Å². The van der Waals surface area contributed by atoms with Gasteiger partial charge in [-0.25, -0.2) is 15.2 Å². The molecule has 0 saturated heterocycles. The highest BCUT2D eigenvalue weighted by molar-refractivity contribution is 6.38. The zero-order valence-corrected chi connectivity index (χ0v) is 9.83.